The predicted molar refractivity (Wildman–Crippen MR) is 126 cm³/mol. The highest BCUT2D eigenvalue weighted by Crippen LogP contribution is 2.45. The SMILES string of the molecule is CCO[C@H]1OC(C(=O)NC2CC3CCC2C3)=C[C@@H](c2ccsc2)[C@H]1CCOCCOCCO. The second kappa shape index (κ2) is 12.3. The van der Waals surface area contributed by atoms with Crippen molar-refractivity contribution in [2.45, 2.75) is 57.3 Å². The van der Waals surface area contributed by atoms with E-state index >= 15 is 0 Å². The minimum atomic E-state index is -0.500. The summed E-state index contributed by atoms with van der Waals surface area (Å²) in [6.45, 7) is 4.27. The number of thiophene rings is 1. The first kappa shape index (κ1) is 24.7. The Morgan fingerprint density at radius 2 is 2.06 bits per heavy atom. The van der Waals surface area contributed by atoms with Crippen LogP contribution in [0.2, 0.25) is 0 Å². The molecule has 0 spiro atoms. The first-order valence-corrected chi connectivity index (χ1v) is 13.2. The van der Waals surface area contributed by atoms with Crippen molar-refractivity contribution in [2.24, 2.45) is 17.8 Å². The number of allylic oxidation sites excluding steroid dienone is 1. The van der Waals surface area contributed by atoms with E-state index in [2.05, 4.69) is 22.1 Å². The Kier molecular flexibility index (Phi) is 9.20. The number of aliphatic hydroxyl groups excluding tert-OH is 1. The van der Waals surface area contributed by atoms with Crippen LogP contribution in [0, 0.1) is 17.8 Å². The standard InChI is InChI=1S/C25H37NO6S/c1-2-31-25-20(5-8-29-10-11-30-9-7-27)21(19-6-12-33-16-19)15-23(32-25)24(28)26-22-14-17-3-4-18(22)13-17/h6,12,15-18,20-22,25,27H,2-5,7-11,13-14H2,1H3,(H,26,28)/t17?,18?,20-,21+,22?,25+/m1/s1. The first-order valence-electron chi connectivity index (χ1n) is 12.3. The van der Waals surface area contributed by atoms with Crippen LogP contribution >= 0.6 is 11.3 Å². The van der Waals surface area contributed by atoms with Crippen molar-refractivity contribution >= 4 is 17.2 Å². The second-order valence-electron chi connectivity index (χ2n) is 9.21. The maximum Gasteiger partial charge on any atom is 0.286 e. The minimum Gasteiger partial charge on any atom is -0.459 e. The molecule has 2 aliphatic carbocycles. The number of fused-ring (bicyclic) bond motifs is 2. The van der Waals surface area contributed by atoms with Crippen LogP contribution in [-0.4, -0.2) is 63.0 Å². The van der Waals surface area contributed by atoms with E-state index in [0.717, 1.165) is 18.8 Å². The summed E-state index contributed by atoms with van der Waals surface area (Å²) in [5.74, 6) is 1.71. The number of carbonyl (C=O) groups is 1. The lowest BCUT2D eigenvalue weighted by molar-refractivity contribution is -0.168. The lowest BCUT2D eigenvalue weighted by Crippen LogP contribution is -2.43. The molecule has 2 fully saturated rings. The van der Waals surface area contributed by atoms with E-state index in [4.69, 9.17) is 24.1 Å². The Bertz CT molecular complexity index is 769. The molecule has 1 amide bonds. The van der Waals surface area contributed by atoms with Gasteiger partial charge in [0.1, 0.15) is 0 Å². The quantitative estimate of drug-likeness (QED) is 0.422. The van der Waals surface area contributed by atoms with Gasteiger partial charge in [-0.2, -0.15) is 11.3 Å². The zero-order valence-electron chi connectivity index (χ0n) is 19.4. The van der Waals surface area contributed by atoms with Crippen LogP contribution in [0.25, 0.3) is 0 Å². The maximum absolute atomic E-state index is 13.2. The van der Waals surface area contributed by atoms with E-state index in [1.807, 2.05) is 13.0 Å². The van der Waals surface area contributed by atoms with Gasteiger partial charge in [0.25, 0.3) is 5.91 Å². The van der Waals surface area contributed by atoms with Crippen molar-refractivity contribution in [1.29, 1.82) is 0 Å². The van der Waals surface area contributed by atoms with E-state index in [9.17, 15) is 4.79 Å². The van der Waals surface area contributed by atoms with Gasteiger partial charge in [0, 0.05) is 31.1 Å². The molecular weight excluding hydrogens is 442 g/mol. The lowest BCUT2D eigenvalue weighted by Gasteiger charge is -2.37. The van der Waals surface area contributed by atoms with E-state index in [0.29, 0.717) is 44.7 Å². The molecule has 2 N–H and O–H groups in total. The topological polar surface area (TPSA) is 86.3 Å². The van der Waals surface area contributed by atoms with Crippen molar-refractivity contribution in [2.75, 3.05) is 39.6 Å². The summed E-state index contributed by atoms with van der Waals surface area (Å²) < 4.78 is 23.1. The van der Waals surface area contributed by atoms with Crippen molar-refractivity contribution < 1.29 is 28.8 Å². The van der Waals surface area contributed by atoms with Gasteiger partial charge in [0.2, 0.25) is 6.29 Å². The molecule has 3 aliphatic rings. The fourth-order valence-electron chi connectivity index (χ4n) is 5.55. The molecule has 2 bridgehead atoms. The minimum absolute atomic E-state index is 0.0159. The number of ether oxygens (including phenoxy) is 4. The Hall–Kier alpha value is -1.45. The van der Waals surface area contributed by atoms with E-state index in [1.54, 1.807) is 11.3 Å². The van der Waals surface area contributed by atoms with Crippen LogP contribution in [-0.2, 0) is 23.7 Å². The normalized spacial score (nSPS) is 30.8. The molecule has 7 nitrogen and oxygen atoms in total. The van der Waals surface area contributed by atoms with Gasteiger partial charge in [-0.1, -0.05) is 6.42 Å². The summed E-state index contributed by atoms with van der Waals surface area (Å²) in [5, 5.41) is 16.2. The fraction of sp³-hybridized carbons (Fsp3) is 0.720. The fourth-order valence-corrected chi connectivity index (χ4v) is 6.26. The molecule has 6 atom stereocenters. The molecule has 33 heavy (non-hydrogen) atoms. The molecule has 0 saturated heterocycles. The highest BCUT2D eigenvalue weighted by atomic mass is 32.1. The van der Waals surface area contributed by atoms with Crippen molar-refractivity contribution in [3.63, 3.8) is 0 Å². The van der Waals surface area contributed by atoms with Crippen LogP contribution in [0.5, 0.6) is 0 Å². The summed E-state index contributed by atoms with van der Waals surface area (Å²) in [6.07, 6.45) is 7.09. The number of amides is 1. The highest BCUT2D eigenvalue weighted by molar-refractivity contribution is 7.08. The Morgan fingerprint density at radius 1 is 1.21 bits per heavy atom. The summed E-state index contributed by atoms with van der Waals surface area (Å²) in [7, 11) is 0. The van der Waals surface area contributed by atoms with Gasteiger partial charge >= 0.3 is 0 Å². The largest absolute Gasteiger partial charge is 0.459 e. The van der Waals surface area contributed by atoms with Gasteiger partial charge < -0.3 is 29.4 Å². The number of aliphatic hydroxyl groups is 1. The lowest BCUT2D eigenvalue weighted by atomic mass is 9.82. The van der Waals surface area contributed by atoms with Gasteiger partial charge in [-0.05, 0) is 72.9 Å². The molecule has 4 rings (SSSR count). The molecule has 184 valence electrons. The Labute approximate surface area is 200 Å². The molecule has 3 unspecified atom stereocenters. The first-order chi connectivity index (χ1) is 16.2. The average Bonchev–Trinajstić information content (AvgIpc) is 3.58. The van der Waals surface area contributed by atoms with Crippen LogP contribution in [0.4, 0.5) is 0 Å². The smallest absolute Gasteiger partial charge is 0.286 e. The highest BCUT2D eigenvalue weighted by Gasteiger charge is 2.42. The maximum atomic E-state index is 13.2. The average molecular weight is 480 g/mol. The molecule has 2 heterocycles. The Morgan fingerprint density at radius 3 is 2.73 bits per heavy atom. The number of rotatable bonds is 13. The summed E-state index contributed by atoms with van der Waals surface area (Å²) in [5.41, 5.74) is 1.18. The molecule has 1 aromatic rings. The molecular formula is C25H37NO6S. The summed E-state index contributed by atoms with van der Waals surface area (Å²) in [4.78, 5) is 13.2. The number of hydrogen-bond acceptors (Lipinski definition) is 7. The third kappa shape index (κ3) is 6.36. The van der Waals surface area contributed by atoms with Crippen LogP contribution in [0.15, 0.2) is 28.7 Å². The van der Waals surface area contributed by atoms with Gasteiger partial charge in [-0.25, -0.2) is 0 Å². The third-order valence-electron chi connectivity index (χ3n) is 7.13. The second-order valence-corrected chi connectivity index (χ2v) is 9.99. The van der Waals surface area contributed by atoms with E-state index < -0.39 is 6.29 Å². The van der Waals surface area contributed by atoms with E-state index in [-0.39, 0.29) is 30.4 Å². The van der Waals surface area contributed by atoms with E-state index in [1.165, 1.54) is 24.8 Å². The third-order valence-corrected chi connectivity index (χ3v) is 7.83. The zero-order chi connectivity index (χ0) is 23.0. The predicted octanol–water partition coefficient (Wildman–Crippen LogP) is 3.45. The number of carbonyl (C=O) groups excluding carboxylic acids is 1. The Balaban J connectivity index is 1.41. The van der Waals surface area contributed by atoms with Crippen molar-refractivity contribution in [3.8, 4) is 0 Å². The molecule has 0 radical (unpaired) electrons. The van der Waals surface area contributed by atoms with Gasteiger partial charge in [-0.3, -0.25) is 4.79 Å². The van der Waals surface area contributed by atoms with Gasteiger partial charge in [-0.15, -0.1) is 0 Å². The number of hydrogen-bond donors (Lipinski definition) is 2. The monoisotopic (exact) mass is 479 g/mol. The number of nitrogens with one attached hydrogen (secondary N) is 1. The molecule has 1 aliphatic heterocycles. The van der Waals surface area contributed by atoms with Crippen molar-refractivity contribution in [1.82, 2.24) is 5.32 Å². The van der Waals surface area contributed by atoms with Gasteiger partial charge in [0.15, 0.2) is 5.76 Å². The summed E-state index contributed by atoms with van der Waals surface area (Å²) >= 11 is 1.65. The van der Waals surface area contributed by atoms with Crippen LogP contribution in [0.3, 0.4) is 0 Å². The van der Waals surface area contributed by atoms with Crippen LogP contribution < -0.4 is 5.32 Å². The van der Waals surface area contributed by atoms with Crippen molar-refractivity contribution in [3.05, 3.63) is 34.2 Å². The van der Waals surface area contributed by atoms with Gasteiger partial charge in [0.05, 0.1) is 26.4 Å². The van der Waals surface area contributed by atoms with Crippen LogP contribution in [0.1, 0.15) is 50.5 Å². The molecule has 1 aromatic heterocycles. The molecule has 0 aromatic carbocycles. The molecule has 8 heteroatoms. The summed E-state index contributed by atoms with van der Waals surface area (Å²) in [6, 6.07) is 2.38. The zero-order valence-corrected chi connectivity index (χ0v) is 20.3. The molecule has 2 saturated carbocycles.